The number of hydrogen-bond acceptors (Lipinski definition) is 2. The normalized spacial score (nSPS) is 24.1. The highest BCUT2D eigenvalue weighted by molar-refractivity contribution is 5.72. The van der Waals surface area contributed by atoms with E-state index in [1.807, 2.05) is 30.3 Å². The van der Waals surface area contributed by atoms with Crippen molar-refractivity contribution in [2.75, 3.05) is 7.05 Å². The first-order valence-corrected chi connectivity index (χ1v) is 8.56. The molecule has 0 aliphatic carbocycles. The first kappa shape index (κ1) is 14.5. The minimum absolute atomic E-state index is 0.585. The lowest BCUT2D eigenvalue weighted by Crippen LogP contribution is -2.45. The average molecular weight is 305 g/mol. The highest BCUT2D eigenvalue weighted by atomic mass is 16.5. The van der Waals surface area contributed by atoms with E-state index in [1.165, 1.54) is 30.4 Å². The summed E-state index contributed by atoms with van der Waals surface area (Å²) in [5.74, 6) is 1.86. The number of piperidine rings is 1. The molecule has 2 aliphatic heterocycles. The number of hydrogen-bond donors (Lipinski definition) is 0. The number of nitrogens with zero attached hydrogens (tertiary/aromatic N) is 1. The Labute approximate surface area is 138 Å². The Morgan fingerprint density at radius 2 is 1.74 bits per heavy atom. The molecule has 0 N–H and O–H groups in total. The molecule has 2 bridgehead atoms. The Kier molecular flexibility index (Phi) is 3.92. The van der Waals surface area contributed by atoms with Crippen molar-refractivity contribution in [3.8, 4) is 11.5 Å². The lowest BCUT2D eigenvalue weighted by atomic mass is 9.83. The summed E-state index contributed by atoms with van der Waals surface area (Å²) in [5, 5.41) is 0. The van der Waals surface area contributed by atoms with Gasteiger partial charge in [0.25, 0.3) is 0 Å². The van der Waals surface area contributed by atoms with Gasteiger partial charge in [0, 0.05) is 17.6 Å². The number of rotatable bonds is 3. The van der Waals surface area contributed by atoms with Crippen LogP contribution < -0.4 is 4.74 Å². The van der Waals surface area contributed by atoms with E-state index < -0.39 is 0 Å². The van der Waals surface area contributed by atoms with Crippen LogP contribution in [0.4, 0.5) is 0 Å². The smallest absolute Gasteiger partial charge is 0.134 e. The third kappa shape index (κ3) is 2.91. The molecule has 4 rings (SSSR count). The first-order chi connectivity index (χ1) is 11.3. The second-order valence-electron chi connectivity index (χ2n) is 6.62. The van der Waals surface area contributed by atoms with Gasteiger partial charge in [0.15, 0.2) is 0 Å². The fraction of sp³-hybridized carbons (Fsp3) is 0.333. The Balaban J connectivity index is 1.67. The quantitative estimate of drug-likeness (QED) is 0.780. The predicted octanol–water partition coefficient (Wildman–Crippen LogP) is 5.12. The maximum absolute atomic E-state index is 6.16. The van der Waals surface area contributed by atoms with Crippen molar-refractivity contribution in [1.82, 2.24) is 4.90 Å². The molecule has 23 heavy (non-hydrogen) atoms. The standard InChI is InChI=1S/C21H23NO/c1-22-17-8-7-9-18(22)15-16(14-17)20-12-5-6-13-21(20)23-19-10-3-2-4-11-19/h2-6,10-14,17-18H,7-9,15H2,1H3. The Morgan fingerprint density at radius 3 is 2.57 bits per heavy atom. The van der Waals surface area contributed by atoms with E-state index in [1.54, 1.807) is 0 Å². The summed E-state index contributed by atoms with van der Waals surface area (Å²) in [7, 11) is 2.27. The maximum atomic E-state index is 6.16. The van der Waals surface area contributed by atoms with Crippen LogP contribution in [0.5, 0.6) is 11.5 Å². The molecule has 2 atom stereocenters. The summed E-state index contributed by atoms with van der Waals surface area (Å²) >= 11 is 0. The van der Waals surface area contributed by atoms with Crippen molar-refractivity contribution in [1.29, 1.82) is 0 Å². The van der Waals surface area contributed by atoms with Gasteiger partial charge in [-0.2, -0.15) is 0 Å². The van der Waals surface area contributed by atoms with Crippen molar-refractivity contribution < 1.29 is 4.74 Å². The summed E-state index contributed by atoms with van der Waals surface area (Å²) in [6.45, 7) is 0. The van der Waals surface area contributed by atoms with Gasteiger partial charge in [-0.05, 0) is 50.1 Å². The van der Waals surface area contributed by atoms with Crippen molar-refractivity contribution in [2.45, 2.75) is 37.8 Å². The molecule has 0 saturated carbocycles. The van der Waals surface area contributed by atoms with Crippen molar-refractivity contribution in [2.24, 2.45) is 0 Å². The molecule has 2 heteroatoms. The van der Waals surface area contributed by atoms with Gasteiger partial charge >= 0.3 is 0 Å². The van der Waals surface area contributed by atoms with E-state index in [4.69, 9.17) is 4.74 Å². The molecule has 2 aromatic carbocycles. The van der Waals surface area contributed by atoms with Gasteiger partial charge in [0.2, 0.25) is 0 Å². The van der Waals surface area contributed by atoms with Gasteiger partial charge in [-0.25, -0.2) is 0 Å². The first-order valence-electron chi connectivity index (χ1n) is 8.56. The molecular weight excluding hydrogens is 282 g/mol. The van der Waals surface area contributed by atoms with E-state index >= 15 is 0 Å². The third-order valence-electron chi connectivity index (χ3n) is 5.19. The van der Waals surface area contributed by atoms with Crippen LogP contribution in [-0.4, -0.2) is 24.0 Å². The van der Waals surface area contributed by atoms with E-state index in [9.17, 15) is 0 Å². The minimum Gasteiger partial charge on any atom is -0.457 e. The summed E-state index contributed by atoms with van der Waals surface area (Å²) in [4.78, 5) is 2.55. The fourth-order valence-electron chi connectivity index (χ4n) is 3.88. The summed E-state index contributed by atoms with van der Waals surface area (Å²) in [6.07, 6.45) is 7.53. The molecule has 2 aromatic rings. The zero-order chi connectivity index (χ0) is 15.6. The van der Waals surface area contributed by atoms with Gasteiger partial charge < -0.3 is 4.74 Å². The number of para-hydroxylation sites is 2. The fourth-order valence-corrected chi connectivity index (χ4v) is 3.88. The van der Waals surface area contributed by atoms with Crippen LogP contribution in [0.25, 0.3) is 5.57 Å². The molecule has 118 valence electrons. The number of fused-ring (bicyclic) bond motifs is 2. The van der Waals surface area contributed by atoms with Gasteiger partial charge in [-0.1, -0.05) is 48.9 Å². The molecule has 0 spiro atoms. The van der Waals surface area contributed by atoms with Crippen molar-refractivity contribution in [3.63, 3.8) is 0 Å². The van der Waals surface area contributed by atoms with Crippen LogP contribution >= 0.6 is 0 Å². The molecule has 2 aliphatic rings. The van der Waals surface area contributed by atoms with Gasteiger partial charge in [-0.3, -0.25) is 4.90 Å². The van der Waals surface area contributed by atoms with E-state index in [0.29, 0.717) is 12.1 Å². The molecule has 0 amide bonds. The summed E-state index contributed by atoms with van der Waals surface area (Å²) in [5.41, 5.74) is 2.70. The van der Waals surface area contributed by atoms with E-state index in [2.05, 4.69) is 42.3 Å². The Morgan fingerprint density at radius 1 is 0.957 bits per heavy atom. The van der Waals surface area contributed by atoms with Crippen LogP contribution in [0.15, 0.2) is 60.7 Å². The number of benzene rings is 2. The van der Waals surface area contributed by atoms with E-state index in [-0.39, 0.29) is 0 Å². The third-order valence-corrected chi connectivity index (χ3v) is 5.19. The molecule has 2 nitrogen and oxygen atoms in total. The highest BCUT2D eigenvalue weighted by Gasteiger charge is 2.32. The monoisotopic (exact) mass is 305 g/mol. The largest absolute Gasteiger partial charge is 0.457 e. The lowest BCUT2D eigenvalue weighted by Gasteiger charge is -2.43. The Hall–Kier alpha value is -2.06. The van der Waals surface area contributed by atoms with Crippen LogP contribution in [0.2, 0.25) is 0 Å². The van der Waals surface area contributed by atoms with Crippen LogP contribution in [-0.2, 0) is 0 Å². The minimum atomic E-state index is 0.585. The zero-order valence-corrected chi connectivity index (χ0v) is 13.6. The average Bonchev–Trinajstić information content (AvgIpc) is 2.56. The SMILES string of the molecule is CN1C2C=C(c3ccccc3Oc3ccccc3)CC1CCC2. The van der Waals surface area contributed by atoms with Crippen molar-refractivity contribution >= 4 is 5.57 Å². The summed E-state index contributed by atoms with van der Waals surface area (Å²) in [6, 6.07) is 19.8. The Bertz CT molecular complexity index is 707. The number of ether oxygens (including phenoxy) is 1. The molecule has 2 heterocycles. The van der Waals surface area contributed by atoms with Gasteiger partial charge in [-0.15, -0.1) is 0 Å². The van der Waals surface area contributed by atoms with Crippen LogP contribution in [0, 0.1) is 0 Å². The molecule has 0 radical (unpaired) electrons. The molecule has 2 unspecified atom stereocenters. The van der Waals surface area contributed by atoms with E-state index in [0.717, 1.165) is 17.9 Å². The second kappa shape index (κ2) is 6.21. The van der Waals surface area contributed by atoms with Crippen LogP contribution in [0.3, 0.4) is 0 Å². The molecule has 1 fully saturated rings. The lowest BCUT2D eigenvalue weighted by molar-refractivity contribution is 0.137. The maximum Gasteiger partial charge on any atom is 0.134 e. The molecule has 0 aromatic heterocycles. The van der Waals surface area contributed by atoms with Crippen LogP contribution in [0.1, 0.15) is 31.2 Å². The molecule has 1 saturated heterocycles. The number of likely N-dealkylation sites (N-methyl/N-ethyl adjacent to an activating group) is 1. The van der Waals surface area contributed by atoms with Crippen molar-refractivity contribution in [3.05, 3.63) is 66.2 Å². The van der Waals surface area contributed by atoms with Gasteiger partial charge in [0.05, 0.1) is 0 Å². The van der Waals surface area contributed by atoms with Gasteiger partial charge in [0.1, 0.15) is 11.5 Å². The topological polar surface area (TPSA) is 12.5 Å². The summed E-state index contributed by atoms with van der Waals surface area (Å²) < 4.78 is 6.16. The molecular formula is C21H23NO. The highest BCUT2D eigenvalue weighted by Crippen LogP contribution is 2.39. The zero-order valence-electron chi connectivity index (χ0n) is 13.6. The second-order valence-corrected chi connectivity index (χ2v) is 6.62. The predicted molar refractivity (Wildman–Crippen MR) is 94.7 cm³/mol.